The van der Waals surface area contributed by atoms with E-state index in [-0.39, 0.29) is 6.09 Å². The average Bonchev–Trinajstić information content (AvgIpc) is 2.85. The number of carbonyl (C=O) groups excluding carboxylic acids is 1. The van der Waals surface area contributed by atoms with Crippen molar-refractivity contribution in [3.05, 3.63) is 66.9 Å². The van der Waals surface area contributed by atoms with Gasteiger partial charge in [0.25, 0.3) is 0 Å². The lowest BCUT2D eigenvalue weighted by Crippen LogP contribution is -2.37. The summed E-state index contributed by atoms with van der Waals surface area (Å²) in [5.74, 6) is 0. The van der Waals surface area contributed by atoms with E-state index < -0.39 is 0 Å². The summed E-state index contributed by atoms with van der Waals surface area (Å²) in [4.78, 5) is 18.7. The van der Waals surface area contributed by atoms with E-state index in [9.17, 15) is 4.79 Å². The summed E-state index contributed by atoms with van der Waals surface area (Å²) >= 11 is 15.6. The summed E-state index contributed by atoms with van der Waals surface area (Å²) in [6, 6.07) is 6.03. The van der Waals surface area contributed by atoms with Crippen LogP contribution in [0.15, 0.2) is 34.4 Å². The van der Waals surface area contributed by atoms with Crippen molar-refractivity contribution in [1.82, 2.24) is 9.88 Å². The number of nitrogens with zero attached hydrogens (tertiary/aromatic N) is 2. The Kier molecular flexibility index (Phi) is 6.19. The summed E-state index contributed by atoms with van der Waals surface area (Å²) in [6.45, 7) is 3.50. The maximum absolute atomic E-state index is 12.1. The van der Waals surface area contributed by atoms with Crippen molar-refractivity contribution in [1.29, 1.82) is 0 Å². The number of piperidine rings is 1. The number of fused-ring (bicyclic) bond motifs is 2. The highest BCUT2D eigenvalue weighted by atomic mass is 79.9. The van der Waals surface area contributed by atoms with Crippen LogP contribution in [-0.2, 0) is 17.6 Å². The zero-order valence-corrected chi connectivity index (χ0v) is 19.3. The predicted octanol–water partition coefficient (Wildman–Crippen LogP) is 5.35. The summed E-state index contributed by atoms with van der Waals surface area (Å²) in [6.07, 6.45) is 4.92. The van der Waals surface area contributed by atoms with Gasteiger partial charge in [-0.15, -0.1) is 0 Å². The van der Waals surface area contributed by atoms with Crippen LogP contribution in [0.2, 0.25) is 10.0 Å². The van der Waals surface area contributed by atoms with Gasteiger partial charge in [0.05, 0.1) is 17.9 Å². The third-order valence-corrected chi connectivity index (χ3v) is 6.45. The largest absolute Gasteiger partial charge is 0.450 e. The van der Waals surface area contributed by atoms with Crippen molar-refractivity contribution in [3.63, 3.8) is 0 Å². The molecule has 4 nitrogen and oxygen atoms in total. The summed E-state index contributed by atoms with van der Waals surface area (Å²) in [7, 11) is 0. The number of hydrogen-bond donors (Lipinski definition) is 0. The number of aromatic nitrogens is 1. The standard InChI is InChI=1S/C22H22BrCl2N2O2/c1-2-29-22(28)27-7-5-13(6-8-27)20-19-14(10-17(24)11-18(19)25)3-4-15-9-16(23)12-26-21(15)20/h9-12,25H,2-8H2,1H3/q+1. The highest BCUT2D eigenvalue weighted by molar-refractivity contribution is 9.10. The molecule has 29 heavy (non-hydrogen) atoms. The smallest absolute Gasteiger partial charge is 0.409 e. The molecule has 1 fully saturated rings. The first-order valence-electron chi connectivity index (χ1n) is 9.76. The molecule has 1 aliphatic heterocycles. The van der Waals surface area contributed by atoms with Gasteiger partial charge in [-0.1, -0.05) is 17.2 Å². The van der Waals surface area contributed by atoms with Crippen LogP contribution in [-0.4, -0.2) is 35.7 Å². The molecule has 2 aromatic rings. The van der Waals surface area contributed by atoms with Crippen molar-refractivity contribution in [2.24, 2.45) is 0 Å². The average molecular weight is 497 g/mol. The first-order chi connectivity index (χ1) is 14.0. The Morgan fingerprint density at radius 3 is 2.66 bits per heavy atom. The van der Waals surface area contributed by atoms with Crippen LogP contribution in [0.5, 0.6) is 0 Å². The van der Waals surface area contributed by atoms with Crippen molar-refractivity contribution in [2.45, 2.75) is 32.6 Å². The van der Waals surface area contributed by atoms with Gasteiger partial charge >= 0.3 is 6.09 Å². The van der Waals surface area contributed by atoms with Gasteiger partial charge in [0.15, 0.2) is 11.6 Å². The number of halogens is 3. The number of pyridine rings is 1. The fourth-order valence-electron chi connectivity index (χ4n) is 4.17. The Morgan fingerprint density at radius 1 is 1.21 bits per heavy atom. The highest BCUT2D eigenvalue weighted by Gasteiger charge is 2.30. The van der Waals surface area contributed by atoms with E-state index in [0.29, 0.717) is 24.7 Å². The lowest BCUT2D eigenvalue weighted by atomic mass is 9.88. The lowest BCUT2D eigenvalue weighted by Gasteiger charge is -2.29. The Balaban J connectivity index is 1.82. The number of amides is 1. The normalized spacial score (nSPS) is 16.2. The molecule has 152 valence electrons. The number of carbonyl (C=O) groups is 1. The topological polar surface area (TPSA) is 42.4 Å². The first-order valence-corrected chi connectivity index (χ1v) is 11.3. The third-order valence-electron chi connectivity index (χ3n) is 5.48. The molecule has 2 heterocycles. The minimum absolute atomic E-state index is 0.240. The number of aryl methyl sites for hydroxylation is 2. The van der Waals surface area contributed by atoms with E-state index in [4.69, 9.17) is 32.9 Å². The van der Waals surface area contributed by atoms with Crippen LogP contribution in [0.4, 0.5) is 4.79 Å². The number of ether oxygens (including phenoxy) is 1. The van der Waals surface area contributed by atoms with E-state index in [1.165, 1.54) is 16.7 Å². The van der Waals surface area contributed by atoms with Crippen LogP contribution in [0.25, 0.3) is 5.57 Å². The maximum atomic E-state index is 12.1. The lowest BCUT2D eigenvalue weighted by molar-refractivity contribution is -0.289. The van der Waals surface area contributed by atoms with Crippen LogP contribution >= 0.6 is 27.5 Å². The van der Waals surface area contributed by atoms with E-state index in [1.807, 2.05) is 25.3 Å². The summed E-state index contributed by atoms with van der Waals surface area (Å²) in [5.41, 5.74) is 6.88. The number of likely N-dealkylation sites (tertiary alicyclic amines) is 1. The molecule has 1 amide bonds. The molecular formula is C22H22BrCl2N2O2+. The van der Waals surface area contributed by atoms with E-state index in [2.05, 4.69) is 22.0 Å². The van der Waals surface area contributed by atoms with Gasteiger partial charge in [0, 0.05) is 40.4 Å². The molecule has 0 atom stereocenters. The molecule has 1 aromatic carbocycles. The molecule has 0 unspecified atom stereocenters. The molecule has 0 radical (unpaired) electrons. The molecule has 2 aliphatic rings. The molecule has 7 heteroatoms. The maximum Gasteiger partial charge on any atom is 0.409 e. The molecule has 4 rings (SSSR count). The van der Waals surface area contributed by atoms with Gasteiger partial charge < -0.3 is 9.64 Å². The van der Waals surface area contributed by atoms with Crippen LogP contribution in [0, 0.1) is 11.6 Å². The molecule has 0 saturated carbocycles. The fourth-order valence-corrected chi connectivity index (χ4v) is 5.21. The summed E-state index contributed by atoms with van der Waals surface area (Å²) in [5, 5.41) is 1.44. The first kappa shape index (κ1) is 20.7. The van der Waals surface area contributed by atoms with Gasteiger partial charge in [0.1, 0.15) is 0 Å². The Bertz CT molecular complexity index is 997. The van der Waals surface area contributed by atoms with E-state index in [0.717, 1.165) is 52.0 Å². The quantitative estimate of drug-likeness (QED) is 0.534. The molecule has 0 spiro atoms. The second kappa shape index (κ2) is 8.66. The Morgan fingerprint density at radius 2 is 1.93 bits per heavy atom. The van der Waals surface area contributed by atoms with Crippen molar-refractivity contribution in [3.8, 4) is 0 Å². The molecule has 1 aliphatic carbocycles. The van der Waals surface area contributed by atoms with Crippen LogP contribution < -0.4 is 0 Å². The van der Waals surface area contributed by atoms with Gasteiger partial charge in [-0.05, 0) is 71.8 Å². The predicted molar refractivity (Wildman–Crippen MR) is 115 cm³/mol. The Hall–Kier alpha value is -1.56. The van der Waals surface area contributed by atoms with Gasteiger partial charge in [0.2, 0.25) is 5.02 Å². The second-order valence-corrected chi connectivity index (χ2v) is 9.06. The van der Waals surface area contributed by atoms with E-state index in [1.54, 1.807) is 4.90 Å². The van der Waals surface area contributed by atoms with Gasteiger partial charge in [-0.25, -0.2) is 4.79 Å². The summed E-state index contributed by atoms with van der Waals surface area (Å²) < 4.78 is 6.13. The van der Waals surface area contributed by atoms with Crippen molar-refractivity contribution >= 4 is 39.2 Å². The minimum Gasteiger partial charge on any atom is -0.450 e. The molecule has 0 bridgehead atoms. The second-order valence-electron chi connectivity index (χ2n) is 7.26. The zero-order chi connectivity index (χ0) is 20.5. The monoisotopic (exact) mass is 495 g/mol. The zero-order valence-electron chi connectivity index (χ0n) is 16.1. The third kappa shape index (κ3) is 4.18. The van der Waals surface area contributed by atoms with E-state index >= 15 is 0 Å². The molecular weight excluding hydrogens is 475 g/mol. The number of rotatable bonds is 1. The highest BCUT2D eigenvalue weighted by Crippen LogP contribution is 2.41. The van der Waals surface area contributed by atoms with Crippen molar-refractivity contribution in [2.75, 3.05) is 19.7 Å². The molecule has 1 aromatic heterocycles. The number of benzene rings is 1. The van der Waals surface area contributed by atoms with Gasteiger partial charge in [-0.3, -0.25) is 4.98 Å². The Labute approximate surface area is 189 Å². The van der Waals surface area contributed by atoms with Crippen LogP contribution in [0.3, 0.4) is 0 Å². The fraction of sp³-hybridized carbons (Fsp3) is 0.364. The molecule has 1 saturated heterocycles. The minimum atomic E-state index is -0.240. The van der Waals surface area contributed by atoms with Crippen molar-refractivity contribution < 1.29 is 21.1 Å². The van der Waals surface area contributed by atoms with Crippen LogP contribution in [0.1, 0.15) is 42.1 Å². The van der Waals surface area contributed by atoms with Gasteiger partial charge in [-0.2, -0.15) is 0 Å². The molecule has 0 N–H and O–H groups in total. The number of hydrogen-bond acceptors (Lipinski definition) is 3. The SMILES string of the molecule is CCOC(=O)N1CCC(=C2c3ncc(Br)cc3CCc3cc(Cl)cc([ClH+])c32)CC1.